The Balaban J connectivity index is 1.54. The molecule has 0 unspecified atom stereocenters. The van der Waals surface area contributed by atoms with Crippen molar-refractivity contribution in [3.05, 3.63) is 82.0 Å². The average molecular weight is 611 g/mol. The first-order valence-electron chi connectivity index (χ1n) is 12.7. The fraction of sp³-hybridized carbons (Fsp3) is 0.370. The molecule has 0 radical (unpaired) electrons. The van der Waals surface area contributed by atoms with Crippen molar-refractivity contribution in [3.63, 3.8) is 0 Å². The van der Waals surface area contributed by atoms with E-state index in [-0.39, 0.29) is 25.5 Å². The third-order valence-corrected chi connectivity index (χ3v) is 6.99. The number of hydrogen-bond donors (Lipinski definition) is 1. The second kappa shape index (κ2) is 12.5. The van der Waals surface area contributed by atoms with Crippen LogP contribution in [-0.2, 0) is 49.6 Å². The molecule has 42 heavy (non-hydrogen) atoms. The van der Waals surface area contributed by atoms with Gasteiger partial charge in [0.15, 0.2) is 12.5 Å². The van der Waals surface area contributed by atoms with Crippen molar-refractivity contribution in [1.29, 1.82) is 0 Å². The Hall–Kier alpha value is -3.95. The van der Waals surface area contributed by atoms with Gasteiger partial charge in [0, 0.05) is 13.1 Å². The first-order valence-corrected chi connectivity index (χ1v) is 14.5. The molecule has 1 aliphatic heterocycles. The van der Waals surface area contributed by atoms with E-state index in [0.29, 0.717) is 23.2 Å². The van der Waals surface area contributed by atoms with E-state index < -0.39 is 52.3 Å². The largest absolute Gasteiger partial charge is 0.465 e. The molecule has 1 aromatic heterocycles. The van der Waals surface area contributed by atoms with E-state index in [1.165, 1.54) is 23.9 Å². The summed E-state index contributed by atoms with van der Waals surface area (Å²) in [6, 6.07) is 12.5. The molecule has 1 atom stereocenters. The van der Waals surface area contributed by atoms with Gasteiger partial charge in [-0.15, -0.1) is 0 Å². The zero-order chi connectivity index (χ0) is 30.7. The Morgan fingerprint density at radius 1 is 1.10 bits per heavy atom. The van der Waals surface area contributed by atoms with Gasteiger partial charge in [-0.25, -0.2) is 13.7 Å². The van der Waals surface area contributed by atoms with Crippen molar-refractivity contribution in [2.24, 2.45) is 0 Å². The second-order valence-corrected chi connectivity index (χ2v) is 11.3. The number of aromatic nitrogens is 2. The molecule has 1 N–H and O–H groups in total. The molecule has 2 aromatic carbocycles. The van der Waals surface area contributed by atoms with E-state index in [2.05, 4.69) is 19.3 Å². The highest BCUT2D eigenvalue weighted by Crippen LogP contribution is 2.38. The van der Waals surface area contributed by atoms with E-state index in [0.717, 1.165) is 11.8 Å². The van der Waals surface area contributed by atoms with Crippen molar-refractivity contribution in [2.45, 2.75) is 38.8 Å². The topological polar surface area (TPSA) is 129 Å². The number of rotatable bonds is 11. The number of anilines is 1. The molecule has 11 nitrogen and oxygen atoms in total. The minimum atomic E-state index is -4.87. The molecule has 0 saturated carbocycles. The minimum absolute atomic E-state index is 0.0473. The van der Waals surface area contributed by atoms with E-state index in [4.69, 9.17) is 4.74 Å². The smallest absolute Gasteiger partial charge is 0.436 e. The van der Waals surface area contributed by atoms with Gasteiger partial charge < -0.3 is 19.7 Å². The first kappa shape index (κ1) is 31.0. The van der Waals surface area contributed by atoms with Gasteiger partial charge >= 0.3 is 12.1 Å². The zero-order valence-electron chi connectivity index (χ0n) is 23.0. The molecule has 3 aromatic rings. The van der Waals surface area contributed by atoms with Gasteiger partial charge in [-0.05, 0) is 35.7 Å². The highest BCUT2D eigenvalue weighted by atomic mass is 32.2. The quantitative estimate of drug-likeness (QED) is 0.150. The first-order chi connectivity index (χ1) is 19.8. The molecule has 2 heterocycles. The normalized spacial score (nSPS) is 14.0. The van der Waals surface area contributed by atoms with Crippen molar-refractivity contribution in [2.75, 3.05) is 31.6 Å². The summed E-state index contributed by atoms with van der Waals surface area (Å²) >= 11 is 0. The van der Waals surface area contributed by atoms with Crippen LogP contribution in [0, 0.1) is 0 Å². The Kier molecular flexibility index (Phi) is 9.23. The predicted octanol–water partition coefficient (Wildman–Crippen LogP) is 3.65. The summed E-state index contributed by atoms with van der Waals surface area (Å²) in [7, 11) is -2.40. The number of carbonyl (C=O) groups excluding carboxylic acids is 2. The number of nitrogens with zero attached hydrogens (tertiary/aromatic N) is 3. The van der Waals surface area contributed by atoms with Crippen molar-refractivity contribution in [1.82, 2.24) is 15.1 Å². The molecule has 0 aliphatic carbocycles. The molecule has 0 saturated heterocycles. The Morgan fingerprint density at radius 2 is 1.79 bits per heavy atom. The molecule has 0 spiro atoms. The van der Waals surface area contributed by atoms with Gasteiger partial charge in [0.1, 0.15) is 11.4 Å². The third-order valence-electron chi connectivity index (χ3n) is 6.46. The summed E-state index contributed by atoms with van der Waals surface area (Å²) in [5.41, 5.74) is 0.441. The maximum Gasteiger partial charge on any atom is 0.436 e. The molecule has 226 valence electrons. The van der Waals surface area contributed by atoms with Crippen molar-refractivity contribution in [3.8, 4) is 0 Å². The molecule has 1 aliphatic rings. The Morgan fingerprint density at radius 3 is 2.43 bits per heavy atom. The van der Waals surface area contributed by atoms with Crippen LogP contribution >= 0.6 is 0 Å². The highest BCUT2D eigenvalue weighted by Gasteiger charge is 2.44. The summed E-state index contributed by atoms with van der Waals surface area (Å²) in [5, 5.41) is 6.37. The predicted molar refractivity (Wildman–Crippen MR) is 144 cm³/mol. The fourth-order valence-corrected chi connectivity index (χ4v) is 4.75. The van der Waals surface area contributed by atoms with Gasteiger partial charge in [0.25, 0.3) is 16.0 Å². The summed E-state index contributed by atoms with van der Waals surface area (Å²) in [4.78, 5) is 26.7. The number of hydrogen-bond acceptors (Lipinski definition) is 9. The number of esters is 1. The van der Waals surface area contributed by atoms with E-state index in [1.54, 1.807) is 48.2 Å². The van der Waals surface area contributed by atoms with Gasteiger partial charge in [0.05, 0.1) is 38.1 Å². The lowest BCUT2D eigenvalue weighted by Gasteiger charge is -2.21. The number of alkyl halides is 3. The van der Waals surface area contributed by atoms with Gasteiger partial charge in [-0.3, -0.25) is 4.79 Å². The SMILES string of the molecule is COC(=O)c1ccc([C@H](C)NC(=O)c2c(C(F)(F)F)nn3c2N(Cc2cccc(COCOS(C)(=O)=O)c2)CC3)cc1. The molecule has 1 amide bonds. The van der Waals surface area contributed by atoms with Crippen LogP contribution in [0.5, 0.6) is 0 Å². The lowest BCUT2D eigenvalue weighted by atomic mass is 10.1. The number of fused-ring (bicyclic) bond motifs is 1. The molecule has 4 rings (SSSR count). The second-order valence-electron chi connectivity index (χ2n) is 9.61. The summed E-state index contributed by atoms with van der Waals surface area (Å²) in [6.07, 6.45) is -3.97. The van der Waals surface area contributed by atoms with Crippen LogP contribution < -0.4 is 10.2 Å². The fourth-order valence-electron chi connectivity index (χ4n) is 4.51. The molecule has 0 fully saturated rings. The Bertz CT molecular complexity index is 1560. The minimum Gasteiger partial charge on any atom is -0.465 e. The van der Waals surface area contributed by atoms with E-state index in [9.17, 15) is 31.2 Å². The van der Waals surface area contributed by atoms with Crippen LogP contribution in [0.1, 0.15) is 56.1 Å². The highest BCUT2D eigenvalue weighted by molar-refractivity contribution is 7.85. The number of ether oxygens (including phenoxy) is 2. The van der Waals surface area contributed by atoms with Crippen LogP contribution in [0.2, 0.25) is 0 Å². The lowest BCUT2D eigenvalue weighted by Crippen LogP contribution is -2.31. The van der Waals surface area contributed by atoms with Gasteiger partial charge in [-0.1, -0.05) is 36.4 Å². The maximum absolute atomic E-state index is 14.0. The van der Waals surface area contributed by atoms with Crippen molar-refractivity contribution < 1.29 is 44.8 Å². The van der Waals surface area contributed by atoms with Crippen molar-refractivity contribution >= 4 is 27.8 Å². The number of nitrogens with one attached hydrogen (secondary N) is 1. The van der Waals surface area contributed by atoms with Gasteiger partial charge in [0.2, 0.25) is 0 Å². The number of benzene rings is 2. The number of amides is 1. The standard InChI is InChI=1S/C27H29F3N4O7S/c1-17(20-7-9-21(10-8-20)26(36)39-2)31-24(35)22-23(27(28,29)30)32-34-12-11-33(25(22)34)14-18-5-4-6-19(13-18)15-40-16-41-42(3,37)38/h4-10,13,17H,11-12,14-16H2,1-3H3,(H,31,35)/t17-/m0/s1. The summed E-state index contributed by atoms with van der Waals surface area (Å²) < 4.78 is 79.9. The van der Waals surface area contributed by atoms with Crippen LogP contribution in [0.25, 0.3) is 0 Å². The maximum atomic E-state index is 14.0. The number of methoxy groups -OCH3 is 1. The zero-order valence-corrected chi connectivity index (χ0v) is 23.8. The molecule has 0 bridgehead atoms. The average Bonchev–Trinajstić information content (AvgIpc) is 3.51. The summed E-state index contributed by atoms with van der Waals surface area (Å²) in [5.74, 6) is -1.42. The molecule has 15 heteroatoms. The van der Waals surface area contributed by atoms with Gasteiger partial charge in [-0.2, -0.15) is 26.7 Å². The summed E-state index contributed by atoms with van der Waals surface area (Å²) in [6.45, 7) is 1.87. The monoisotopic (exact) mass is 610 g/mol. The van der Waals surface area contributed by atoms with E-state index >= 15 is 0 Å². The Labute approximate surface area is 240 Å². The van der Waals surface area contributed by atoms with Crippen LogP contribution in [0.15, 0.2) is 48.5 Å². The van der Waals surface area contributed by atoms with E-state index in [1.807, 2.05) is 0 Å². The van der Waals surface area contributed by atoms with Crippen LogP contribution in [0.3, 0.4) is 0 Å². The number of halogens is 3. The number of carbonyl (C=O) groups is 2. The van der Waals surface area contributed by atoms with Crippen LogP contribution in [0.4, 0.5) is 19.0 Å². The van der Waals surface area contributed by atoms with Crippen LogP contribution in [-0.4, -0.2) is 56.8 Å². The third kappa shape index (κ3) is 7.46. The molecular weight excluding hydrogens is 581 g/mol. The lowest BCUT2D eigenvalue weighted by molar-refractivity contribution is -0.141. The molecular formula is C27H29F3N4O7S.